The Morgan fingerprint density at radius 2 is 1.65 bits per heavy atom. The topological polar surface area (TPSA) is 258 Å². The second-order valence-electron chi connectivity index (χ2n) is 18.5. The minimum atomic E-state index is -2.12. The Morgan fingerprint density at radius 1 is 0.955 bits per heavy atom. The number of allylic oxidation sites excluding steroid dienone is 4. The highest BCUT2D eigenvalue weighted by Crippen LogP contribution is 2.69. The van der Waals surface area contributed by atoms with Gasteiger partial charge >= 0.3 is 5.97 Å². The summed E-state index contributed by atoms with van der Waals surface area (Å²) >= 11 is 3.92. The van der Waals surface area contributed by atoms with Crippen molar-refractivity contribution in [1.82, 2.24) is 16.0 Å². The van der Waals surface area contributed by atoms with Crippen LogP contribution in [-0.4, -0.2) is 110 Å². The molecule has 0 heterocycles. The summed E-state index contributed by atoms with van der Waals surface area (Å²) in [5.41, 5.74) is -1.07. The molecule has 0 saturated heterocycles. The van der Waals surface area contributed by atoms with Gasteiger partial charge in [-0.15, -0.1) is 0 Å². The van der Waals surface area contributed by atoms with Crippen LogP contribution in [0.4, 0.5) is 10.1 Å². The molecule has 12 atom stereocenters. The van der Waals surface area contributed by atoms with E-state index >= 15 is 4.39 Å². The third-order valence-corrected chi connectivity index (χ3v) is 14.6. The summed E-state index contributed by atoms with van der Waals surface area (Å²) in [5.74, 6) is -6.27. The van der Waals surface area contributed by atoms with Gasteiger partial charge in [0.2, 0.25) is 23.6 Å². The molecule has 0 aromatic heterocycles. The first-order valence-electron chi connectivity index (χ1n) is 22.2. The lowest BCUT2D eigenvalue weighted by molar-refractivity contribution is -0.197. The van der Waals surface area contributed by atoms with Crippen molar-refractivity contribution in [2.75, 3.05) is 18.5 Å². The Bertz CT molecular complexity index is 2290. The van der Waals surface area contributed by atoms with Gasteiger partial charge in [-0.1, -0.05) is 55.0 Å². The average Bonchev–Trinajstić information content (AvgIpc) is 3.54. The molecular weight excluding hydrogens is 876 g/mol. The molecule has 16 nitrogen and oxygen atoms in total. The molecule has 0 bridgehead atoms. The van der Waals surface area contributed by atoms with Crippen molar-refractivity contribution < 1.29 is 63.1 Å². The summed E-state index contributed by atoms with van der Waals surface area (Å²) < 4.78 is 23.9. The molecule has 2 aromatic carbocycles. The smallest absolute Gasteiger partial charge is 0.304 e. The van der Waals surface area contributed by atoms with Gasteiger partial charge in [0.25, 0.3) is 0 Å². The lowest BCUT2D eigenvalue weighted by Crippen LogP contribution is -2.66. The number of ketones is 2. The number of carboxylic acids is 1. The highest BCUT2D eigenvalue weighted by atomic mass is 32.1. The van der Waals surface area contributed by atoms with E-state index in [9.17, 15) is 48.9 Å². The lowest BCUT2D eigenvalue weighted by Gasteiger charge is -2.61. The van der Waals surface area contributed by atoms with Crippen LogP contribution < -0.4 is 21.3 Å². The molecule has 2 aromatic rings. The van der Waals surface area contributed by atoms with Gasteiger partial charge in [0.15, 0.2) is 23.5 Å². The van der Waals surface area contributed by atoms with E-state index in [1.54, 1.807) is 55.5 Å². The molecule has 0 spiro atoms. The second kappa shape index (κ2) is 20.3. The van der Waals surface area contributed by atoms with E-state index in [4.69, 9.17) is 9.84 Å². The van der Waals surface area contributed by atoms with Crippen LogP contribution in [-0.2, 0) is 44.7 Å². The number of hydrogen-bond donors (Lipinski definition) is 9. The van der Waals surface area contributed by atoms with Crippen LogP contribution in [0.3, 0.4) is 0 Å². The number of alkyl halides is 1. The van der Waals surface area contributed by atoms with Crippen molar-refractivity contribution in [1.29, 1.82) is 0 Å². The maximum atomic E-state index is 17.7. The van der Waals surface area contributed by atoms with Crippen molar-refractivity contribution in [2.45, 2.75) is 114 Å². The van der Waals surface area contributed by atoms with Crippen LogP contribution >= 0.6 is 12.6 Å². The molecule has 3 fully saturated rings. The number of Topliss-reactive ketones (excluding diaryl/α,β-unsaturated/α-hetero) is 1. The maximum absolute atomic E-state index is 17.7. The predicted octanol–water partition coefficient (Wildman–Crippen LogP) is 3.04. The number of aliphatic hydroxyl groups is 3. The molecule has 66 heavy (non-hydrogen) atoms. The number of aliphatic hydroxyl groups excluding tert-OH is 3. The van der Waals surface area contributed by atoms with E-state index in [2.05, 4.69) is 33.9 Å². The van der Waals surface area contributed by atoms with E-state index in [1.165, 1.54) is 26.0 Å². The first-order chi connectivity index (χ1) is 31.1. The Labute approximate surface area is 387 Å². The van der Waals surface area contributed by atoms with E-state index < -0.39 is 118 Å². The van der Waals surface area contributed by atoms with Gasteiger partial charge in [-0.2, -0.15) is 12.6 Å². The second-order valence-corrected chi connectivity index (χ2v) is 19.1. The monoisotopic (exact) mass is 934 g/mol. The summed E-state index contributed by atoms with van der Waals surface area (Å²) in [6, 6.07) is 12.1. The van der Waals surface area contributed by atoms with Gasteiger partial charge < -0.3 is 46.4 Å². The van der Waals surface area contributed by atoms with E-state index in [1.807, 2.05) is 13.0 Å². The van der Waals surface area contributed by atoms with Crippen molar-refractivity contribution in [3.8, 4) is 0 Å². The third kappa shape index (κ3) is 10.3. The highest BCUT2D eigenvalue weighted by molar-refractivity contribution is 7.81. The number of amides is 4. The third-order valence-electron chi connectivity index (χ3n) is 14.2. The largest absolute Gasteiger partial charge is 0.481 e. The lowest BCUT2D eigenvalue weighted by atomic mass is 9.45. The highest BCUT2D eigenvalue weighted by Gasteiger charge is 2.72. The quantitative estimate of drug-likeness (QED) is 0.0773. The fraction of sp³-hybridized carbons (Fsp3) is 0.521. The number of hydrogen-bond acceptors (Lipinski definition) is 12. The molecule has 356 valence electrons. The first kappa shape index (κ1) is 50.1. The molecule has 1 unspecified atom stereocenters. The number of halogens is 1. The number of benzene rings is 2. The minimum Gasteiger partial charge on any atom is -0.481 e. The van der Waals surface area contributed by atoms with E-state index in [0.29, 0.717) is 36.1 Å². The molecular formula is C48H59FN4O12S. The average molecular weight is 935 g/mol. The summed E-state index contributed by atoms with van der Waals surface area (Å²) in [5, 5.41) is 51.1. The number of ether oxygens (including phenoxy) is 1. The van der Waals surface area contributed by atoms with Crippen molar-refractivity contribution in [3.05, 3.63) is 89.0 Å². The Balaban J connectivity index is 1.02. The summed E-state index contributed by atoms with van der Waals surface area (Å²) in [6.45, 7) is 5.60. The maximum Gasteiger partial charge on any atom is 0.304 e. The van der Waals surface area contributed by atoms with Crippen molar-refractivity contribution in [3.63, 3.8) is 0 Å². The molecule has 4 aliphatic carbocycles. The van der Waals surface area contributed by atoms with Gasteiger partial charge in [0.1, 0.15) is 18.7 Å². The Morgan fingerprint density at radius 3 is 2.33 bits per heavy atom. The van der Waals surface area contributed by atoms with E-state index in [0.717, 1.165) is 11.1 Å². The van der Waals surface area contributed by atoms with Gasteiger partial charge in [-0.25, -0.2) is 4.39 Å². The molecule has 4 aliphatic rings. The fourth-order valence-corrected chi connectivity index (χ4v) is 11.0. The number of anilines is 1. The SMILES string of the molecule is C[C@H](NC(=O)CCNC(=O)C(S)CC(=O)O)C(=O)N[C@@H](C)C(=O)Nc1cccc(Cc2ccc([C@@H](O)O[C@@H]3C[C@H]4[C@@H]5CCC6=CC(=O)C=C[C@]6(C)[C@@]5(F)[C@@H](O)C[C@]4(C)[C@H]3C(=O)CO)cc2)c1. The first-order valence-corrected chi connectivity index (χ1v) is 22.7. The van der Waals surface area contributed by atoms with Crippen LogP contribution in [0.5, 0.6) is 0 Å². The van der Waals surface area contributed by atoms with Crippen LogP contribution in [0, 0.1) is 28.6 Å². The number of carbonyl (C=O) groups excluding carboxylic acids is 6. The van der Waals surface area contributed by atoms with Crippen LogP contribution in [0.15, 0.2) is 72.3 Å². The minimum absolute atomic E-state index is 0.0673. The number of thiol groups is 1. The van der Waals surface area contributed by atoms with Gasteiger partial charge in [0, 0.05) is 35.5 Å². The van der Waals surface area contributed by atoms with Gasteiger partial charge in [-0.3, -0.25) is 33.6 Å². The van der Waals surface area contributed by atoms with Crippen LogP contribution in [0.2, 0.25) is 0 Å². The summed E-state index contributed by atoms with van der Waals surface area (Å²) in [6.07, 6.45) is 1.31. The van der Waals surface area contributed by atoms with Gasteiger partial charge in [-0.05, 0) is 99.6 Å². The zero-order chi connectivity index (χ0) is 48.3. The number of rotatable bonds is 18. The number of carboxylic acid groups (broad SMARTS) is 1. The molecule has 6 rings (SSSR count). The van der Waals surface area contributed by atoms with Crippen molar-refractivity contribution in [2.24, 2.45) is 28.6 Å². The molecule has 0 aliphatic heterocycles. The molecule has 3 saturated carbocycles. The normalized spacial score (nSPS) is 29.4. The standard InChI is InChI=1S/C48H59FN4O12S/c1-25(51-39(58)15-17-50-44(63)37(66)22-40(59)60)42(61)52-26(2)43(62)53-31-7-5-6-28(19-31)18-27-8-10-29(11-9-27)45(64)65-36-21-34-33-13-12-30-20-32(55)14-16-47(30,4)48(33,49)38(57)23-46(34,3)41(36)35(56)24-54/h5-11,14,16,19-20,25-26,33-34,36-38,41,45,54,57,64,66H,12-13,15,17-18,21-24H2,1-4H3,(H,50,63)(H,51,58)(H,52,61)(H,53,62)(H,59,60)/t25-,26-,33-,34-,36+,37?,38-,41-,45-,46-,47-,48-/m0/s1. The number of fused-ring (bicyclic) bond motifs is 5. The fourth-order valence-electron chi connectivity index (χ4n) is 10.8. The van der Waals surface area contributed by atoms with Gasteiger partial charge in [0.05, 0.1) is 29.8 Å². The number of aliphatic carboxylic acids is 1. The Kier molecular flexibility index (Phi) is 15.4. The number of carbonyl (C=O) groups is 7. The zero-order valence-electron chi connectivity index (χ0n) is 37.3. The van der Waals surface area contributed by atoms with E-state index in [-0.39, 0.29) is 31.6 Å². The van der Waals surface area contributed by atoms with Crippen molar-refractivity contribution >= 4 is 59.5 Å². The molecule has 18 heteroatoms. The number of nitrogens with one attached hydrogen (secondary N) is 4. The predicted molar refractivity (Wildman–Crippen MR) is 241 cm³/mol. The van der Waals surface area contributed by atoms with Crippen LogP contribution in [0.1, 0.15) is 89.2 Å². The van der Waals surface area contributed by atoms with Crippen LogP contribution in [0.25, 0.3) is 0 Å². The summed E-state index contributed by atoms with van der Waals surface area (Å²) in [7, 11) is 0. The zero-order valence-corrected chi connectivity index (χ0v) is 38.2. The summed E-state index contributed by atoms with van der Waals surface area (Å²) in [4.78, 5) is 86.4. The Hall–Kier alpha value is -5.27. The molecule has 4 amide bonds. The molecule has 8 N–H and O–H groups in total. The molecule has 0 radical (unpaired) electrons.